The Kier molecular flexibility index (Phi) is 10.7. The van der Waals surface area contributed by atoms with E-state index in [1.807, 2.05) is 6.08 Å². The fourth-order valence-corrected chi connectivity index (χ4v) is 1.56. The van der Waals surface area contributed by atoms with Crippen LogP contribution in [0.3, 0.4) is 0 Å². The highest BCUT2D eigenvalue weighted by molar-refractivity contribution is 5.72. The van der Waals surface area contributed by atoms with Gasteiger partial charge in [-0.1, -0.05) is 38.2 Å². The molecular formula is C13H25NO. The van der Waals surface area contributed by atoms with Crippen LogP contribution in [0.5, 0.6) is 0 Å². The first kappa shape index (κ1) is 14.2. The highest BCUT2D eigenvalue weighted by Crippen LogP contribution is 2.08. The largest absolute Gasteiger partial charge is 0.356 e. The van der Waals surface area contributed by atoms with E-state index in [1.165, 1.54) is 38.5 Å². The lowest BCUT2D eigenvalue weighted by Gasteiger charge is -2.02. The van der Waals surface area contributed by atoms with Crippen molar-refractivity contribution < 1.29 is 4.79 Å². The van der Waals surface area contributed by atoms with Crippen LogP contribution >= 0.6 is 0 Å². The van der Waals surface area contributed by atoms with Crippen LogP contribution in [0.25, 0.3) is 0 Å². The van der Waals surface area contributed by atoms with Gasteiger partial charge < -0.3 is 5.32 Å². The molecule has 0 aliphatic carbocycles. The molecule has 0 radical (unpaired) electrons. The number of rotatable bonds is 10. The van der Waals surface area contributed by atoms with Crippen molar-refractivity contribution in [3.63, 3.8) is 0 Å². The first-order valence-corrected chi connectivity index (χ1v) is 6.12. The highest BCUT2D eigenvalue weighted by Gasteiger charge is 1.92. The molecule has 2 nitrogen and oxygen atoms in total. The monoisotopic (exact) mass is 211 g/mol. The Morgan fingerprint density at radius 3 is 2.13 bits per heavy atom. The van der Waals surface area contributed by atoms with Gasteiger partial charge in [-0.15, -0.1) is 6.58 Å². The zero-order chi connectivity index (χ0) is 11.4. The molecule has 0 aromatic rings. The molecule has 0 atom stereocenters. The first-order chi connectivity index (χ1) is 7.27. The summed E-state index contributed by atoms with van der Waals surface area (Å²) in [6.07, 6.45) is 12.1. The van der Waals surface area contributed by atoms with Crippen molar-refractivity contribution in [3.05, 3.63) is 12.7 Å². The van der Waals surface area contributed by atoms with E-state index in [-0.39, 0.29) is 5.91 Å². The van der Waals surface area contributed by atoms with Crippen LogP contribution in [0.15, 0.2) is 12.7 Å². The number of carbonyl (C=O) groups excluding carboxylic acids is 1. The second-order valence-corrected chi connectivity index (χ2v) is 4.04. The van der Waals surface area contributed by atoms with Gasteiger partial charge in [-0.2, -0.15) is 0 Å². The third kappa shape index (κ3) is 13.2. The summed E-state index contributed by atoms with van der Waals surface area (Å²) in [5.74, 6) is 0.0828. The van der Waals surface area contributed by atoms with Gasteiger partial charge in [-0.25, -0.2) is 0 Å². The molecule has 88 valence electrons. The maximum atomic E-state index is 10.6. The fraction of sp³-hybridized carbons (Fsp3) is 0.769. The minimum atomic E-state index is 0.0828. The second kappa shape index (κ2) is 11.3. The number of carbonyl (C=O) groups is 1. The van der Waals surface area contributed by atoms with Gasteiger partial charge in [0.05, 0.1) is 0 Å². The van der Waals surface area contributed by atoms with E-state index in [0.29, 0.717) is 0 Å². The molecule has 0 aliphatic rings. The standard InChI is InChI=1S/C13H25NO/c1-3-4-5-6-7-8-9-10-11-12-14-13(2)15/h3H,1,4-12H2,2H3,(H,14,15). The fourth-order valence-electron chi connectivity index (χ4n) is 1.56. The van der Waals surface area contributed by atoms with E-state index >= 15 is 0 Å². The van der Waals surface area contributed by atoms with Gasteiger partial charge in [-0.3, -0.25) is 4.79 Å². The molecule has 0 unspecified atom stereocenters. The van der Waals surface area contributed by atoms with Crippen molar-refractivity contribution >= 4 is 5.91 Å². The van der Waals surface area contributed by atoms with Crippen molar-refractivity contribution in [1.29, 1.82) is 0 Å². The Morgan fingerprint density at radius 1 is 1.07 bits per heavy atom. The number of allylic oxidation sites excluding steroid dienone is 1. The zero-order valence-corrected chi connectivity index (χ0v) is 10.1. The van der Waals surface area contributed by atoms with Gasteiger partial charge in [0.15, 0.2) is 0 Å². The number of hydrogen-bond acceptors (Lipinski definition) is 1. The number of amides is 1. The maximum absolute atomic E-state index is 10.6. The van der Waals surface area contributed by atoms with Gasteiger partial charge in [0.1, 0.15) is 0 Å². The zero-order valence-electron chi connectivity index (χ0n) is 10.1. The third-order valence-corrected chi connectivity index (χ3v) is 2.46. The summed E-state index contributed by atoms with van der Waals surface area (Å²) in [7, 11) is 0. The molecule has 2 heteroatoms. The molecule has 0 aromatic carbocycles. The van der Waals surface area contributed by atoms with Gasteiger partial charge >= 0.3 is 0 Å². The summed E-state index contributed by atoms with van der Waals surface area (Å²) in [5.41, 5.74) is 0. The summed E-state index contributed by atoms with van der Waals surface area (Å²) in [6, 6.07) is 0. The summed E-state index contributed by atoms with van der Waals surface area (Å²) < 4.78 is 0. The third-order valence-electron chi connectivity index (χ3n) is 2.46. The molecule has 0 saturated carbocycles. The Balaban J connectivity index is 2.92. The molecule has 0 fully saturated rings. The lowest BCUT2D eigenvalue weighted by atomic mass is 10.1. The Morgan fingerprint density at radius 2 is 1.60 bits per heavy atom. The molecule has 0 heterocycles. The molecule has 1 N–H and O–H groups in total. The molecule has 0 spiro atoms. The minimum absolute atomic E-state index is 0.0828. The van der Waals surface area contributed by atoms with Gasteiger partial charge in [0, 0.05) is 13.5 Å². The van der Waals surface area contributed by atoms with E-state index in [4.69, 9.17) is 0 Å². The van der Waals surface area contributed by atoms with Crippen molar-refractivity contribution in [2.45, 2.75) is 58.3 Å². The molecule has 0 saturated heterocycles. The van der Waals surface area contributed by atoms with E-state index in [9.17, 15) is 4.79 Å². The number of hydrogen-bond donors (Lipinski definition) is 1. The van der Waals surface area contributed by atoms with Crippen LogP contribution in [-0.2, 0) is 4.79 Å². The smallest absolute Gasteiger partial charge is 0.216 e. The minimum Gasteiger partial charge on any atom is -0.356 e. The van der Waals surface area contributed by atoms with E-state index < -0.39 is 0 Å². The van der Waals surface area contributed by atoms with E-state index in [1.54, 1.807) is 6.92 Å². The predicted octanol–water partition coefficient (Wildman–Crippen LogP) is 3.43. The molecule has 15 heavy (non-hydrogen) atoms. The lowest BCUT2D eigenvalue weighted by Crippen LogP contribution is -2.20. The van der Waals surface area contributed by atoms with Crippen molar-refractivity contribution in [1.82, 2.24) is 5.32 Å². The van der Waals surface area contributed by atoms with Crippen LogP contribution in [0.4, 0.5) is 0 Å². The van der Waals surface area contributed by atoms with Crippen molar-refractivity contribution in [2.75, 3.05) is 6.54 Å². The quantitative estimate of drug-likeness (QED) is 0.435. The van der Waals surface area contributed by atoms with Crippen LogP contribution in [0.2, 0.25) is 0 Å². The molecule has 0 aromatic heterocycles. The topological polar surface area (TPSA) is 29.1 Å². The molecule has 1 amide bonds. The molecular weight excluding hydrogens is 186 g/mol. The average Bonchev–Trinajstić information content (AvgIpc) is 2.20. The average molecular weight is 211 g/mol. The number of nitrogens with one attached hydrogen (secondary N) is 1. The van der Waals surface area contributed by atoms with Crippen LogP contribution in [-0.4, -0.2) is 12.5 Å². The van der Waals surface area contributed by atoms with E-state index in [0.717, 1.165) is 19.4 Å². The maximum Gasteiger partial charge on any atom is 0.216 e. The summed E-state index contributed by atoms with van der Waals surface area (Å²) >= 11 is 0. The Labute approximate surface area is 94.1 Å². The summed E-state index contributed by atoms with van der Waals surface area (Å²) in [6.45, 7) is 6.12. The van der Waals surface area contributed by atoms with Gasteiger partial charge in [-0.05, 0) is 19.3 Å². The van der Waals surface area contributed by atoms with Gasteiger partial charge in [0.25, 0.3) is 0 Å². The molecule has 0 aliphatic heterocycles. The predicted molar refractivity (Wildman–Crippen MR) is 65.8 cm³/mol. The normalized spacial score (nSPS) is 9.93. The number of unbranched alkanes of at least 4 members (excludes halogenated alkanes) is 7. The van der Waals surface area contributed by atoms with Crippen molar-refractivity contribution in [2.24, 2.45) is 0 Å². The van der Waals surface area contributed by atoms with Gasteiger partial charge in [0.2, 0.25) is 5.91 Å². The Bertz CT molecular complexity index is 166. The first-order valence-electron chi connectivity index (χ1n) is 6.12. The van der Waals surface area contributed by atoms with Crippen LogP contribution in [0, 0.1) is 0 Å². The lowest BCUT2D eigenvalue weighted by molar-refractivity contribution is -0.118. The van der Waals surface area contributed by atoms with Crippen molar-refractivity contribution in [3.8, 4) is 0 Å². The van der Waals surface area contributed by atoms with Crippen LogP contribution < -0.4 is 5.32 Å². The highest BCUT2D eigenvalue weighted by atomic mass is 16.1. The summed E-state index contributed by atoms with van der Waals surface area (Å²) in [5, 5.41) is 2.81. The van der Waals surface area contributed by atoms with Crippen LogP contribution in [0.1, 0.15) is 58.3 Å². The molecule has 0 rings (SSSR count). The second-order valence-electron chi connectivity index (χ2n) is 4.04. The Hall–Kier alpha value is -0.790. The summed E-state index contributed by atoms with van der Waals surface area (Å²) in [4.78, 5) is 10.6. The van der Waals surface area contributed by atoms with E-state index in [2.05, 4.69) is 11.9 Å². The SMILES string of the molecule is C=CCCCCCCCCCNC(C)=O. The molecule has 0 bridgehead atoms.